The molecule has 2 N–H and O–H groups in total. The van der Waals surface area contributed by atoms with E-state index in [2.05, 4.69) is 10.3 Å². The summed E-state index contributed by atoms with van der Waals surface area (Å²) in [5, 5.41) is 4.36. The minimum atomic E-state index is 0.523. The van der Waals surface area contributed by atoms with Crippen molar-refractivity contribution in [2.45, 2.75) is 0 Å². The fourth-order valence-corrected chi connectivity index (χ4v) is 2.76. The Morgan fingerprint density at radius 3 is 2.55 bits per heavy atom. The number of fused-ring (bicyclic) bond motifs is 1. The molecule has 0 atom stereocenters. The second kappa shape index (κ2) is 5.36. The molecule has 0 unspecified atom stereocenters. The lowest BCUT2D eigenvalue weighted by Gasteiger charge is -2.09. The Morgan fingerprint density at radius 2 is 1.80 bits per heavy atom. The number of thiocarbonyl (C=S) groups is 1. The fraction of sp³-hybridized carbons (Fsp3) is 0. The van der Waals surface area contributed by atoms with E-state index < -0.39 is 0 Å². The van der Waals surface area contributed by atoms with Crippen LogP contribution in [0.25, 0.3) is 11.0 Å². The Balaban J connectivity index is 1.98. The second-order valence-corrected chi connectivity index (χ2v) is 5.43. The van der Waals surface area contributed by atoms with Crippen molar-refractivity contribution in [1.29, 1.82) is 0 Å². The maximum absolute atomic E-state index is 5.86. The topological polar surface area (TPSA) is 32.8 Å². The first-order valence-corrected chi connectivity index (χ1v) is 7.11. The van der Waals surface area contributed by atoms with Gasteiger partial charge in [0.1, 0.15) is 0 Å². The maximum atomic E-state index is 5.86. The molecular formula is C14H10ClN3S2. The Hall–Kier alpha value is -1.69. The van der Waals surface area contributed by atoms with Crippen molar-refractivity contribution >= 4 is 57.9 Å². The summed E-state index contributed by atoms with van der Waals surface area (Å²) in [5.74, 6) is 0. The molecule has 0 saturated carbocycles. The van der Waals surface area contributed by atoms with Crippen LogP contribution in [0.15, 0.2) is 48.5 Å². The number of para-hydroxylation sites is 2. The van der Waals surface area contributed by atoms with Gasteiger partial charge in [-0.3, -0.25) is 4.57 Å². The van der Waals surface area contributed by atoms with E-state index >= 15 is 0 Å². The lowest BCUT2D eigenvalue weighted by Crippen LogP contribution is -2.18. The number of nitrogens with one attached hydrogen (secondary N) is 2. The van der Waals surface area contributed by atoms with E-state index in [1.54, 1.807) is 16.7 Å². The highest BCUT2D eigenvalue weighted by atomic mass is 35.5. The molecule has 0 bridgehead atoms. The molecule has 0 amide bonds. The summed E-state index contributed by atoms with van der Waals surface area (Å²) >= 11 is 16.6. The average molecular weight is 320 g/mol. The van der Waals surface area contributed by atoms with Crippen LogP contribution in [0.4, 0.5) is 5.69 Å². The van der Waals surface area contributed by atoms with Gasteiger partial charge in [0.25, 0.3) is 0 Å². The van der Waals surface area contributed by atoms with Crippen LogP contribution >= 0.6 is 36.0 Å². The van der Waals surface area contributed by atoms with Crippen LogP contribution in [0.5, 0.6) is 0 Å². The molecule has 1 aromatic heterocycles. The summed E-state index contributed by atoms with van der Waals surface area (Å²) in [6.07, 6.45) is 0. The highest BCUT2D eigenvalue weighted by molar-refractivity contribution is 7.80. The Labute approximate surface area is 131 Å². The van der Waals surface area contributed by atoms with E-state index in [4.69, 9.17) is 36.0 Å². The van der Waals surface area contributed by atoms with Gasteiger partial charge in [-0.15, -0.1) is 0 Å². The number of hydrogen-bond donors (Lipinski definition) is 2. The number of aromatic amines is 1. The first-order chi connectivity index (χ1) is 9.65. The van der Waals surface area contributed by atoms with Crippen molar-refractivity contribution in [3.63, 3.8) is 0 Å². The van der Waals surface area contributed by atoms with Crippen molar-refractivity contribution in [3.8, 4) is 0 Å². The number of aromatic nitrogens is 2. The minimum absolute atomic E-state index is 0.523. The van der Waals surface area contributed by atoms with Gasteiger partial charge in [0, 0.05) is 10.7 Å². The summed E-state index contributed by atoms with van der Waals surface area (Å²) in [4.78, 5) is 3.13. The second-order valence-electron chi connectivity index (χ2n) is 4.22. The number of hydrogen-bond acceptors (Lipinski definition) is 2. The van der Waals surface area contributed by atoms with Gasteiger partial charge < -0.3 is 10.3 Å². The van der Waals surface area contributed by atoms with Crippen LogP contribution in [0.2, 0.25) is 5.02 Å². The van der Waals surface area contributed by atoms with Crippen molar-refractivity contribution in [2.75, 3.05) is 5.32 Å². The number of rotatable bonds is 1. The number of H-pyrrole nitrogens is 1. The SMILES string of the molecule is S=C(Nc1ccc(Cl)cc1)n1c(=S)[nH]c2ccccc21. The van der Waals surface area contributed by atoms with Gasteiger partial charge in [-0.25, -0.2) is 0 Å². The highest BCUT2D eigenvalue weighted by Crippen LogP contribution is 2.17. The lowest BCUT2D eigenvalue weighted by molar-refractivity contribution is 1.15. The van der Waals surface area contributed by atoms with Crippen LogP contribution < -0.4 is 5.32 Å². The van der Waals surface area contributed by atoms with Crippen molar-refractivity contribution in [1.82, 2.24) is 9.55 Å². The monoisotopic (exact) mass is 319 g/mol. The van der Waals surface area contributed by atoms with E-state index in [0.29, 0.717) is 14.9 Å². The third-order valence-corrected chi connectivity index (χ3v) is 3.71. The van der Waals surface area contributed by atoms with Gasteiger partial charge in [0.15, 0.2) is 9.88 Å². The van der Waals surface area contributed by atoms with Crippen LogP contribution in [0.1, 0.15) is 0 Å². The molecular weight excluding hydrogens is 310 g/mol. The van der Waals surface area contributed by atoms with Gasteiger partial charge >= 0.3 is 0 Å². The molecule has 0 spiro atoms. The molecule has 3 rings (SSSR count). The van der Waals surface area contributed by atoms with Crippen LogP contribution in [0.3, 0.4) is 0 Å². The van der Waals surface area contributed by atoms with Crippen LogP contribution in [-0.4, -0.2) is 14.7 Å². The average Bonchev–Trinajstić information content (AvgIpc) is 2.77. The molecule has 6 heteroatoms. The maximum Gasteiger partial charge on any atom is 0.184 e. The summed E-state index contributed by atoms with van der Waals surface area (Å²) in [6.45, 7) is 0. The van der Waals surface area contributed by atoms with Gasteiger partial charge in [0.05, 0.1) is 11.0 Å². The zero-order valence-corrected chi connectivity index (χ0v) is 12.6. The smallest absolute Gasteiger partial charge is 0.184 e. The van der Waals surface area contributed by atoms with Gasteiger partial charge in [-0.1, -0.05) is 23.7 Å². The predicted molar refractivity (Wildman–Crippen MR) is 90.2 cm³/mol. The molecule has 0 radical (unpaired) electrons. The van der Waals surface area contributed by atoms with Crippen molar-refractivity contribution in [2.24, 2.45) is 0 Å². The Bertz CT molecular complexity index is 833. The fourth-order valence-electron chi connectivity index (χ4n) is 1.97. The van der Waals surface area contributed by atoms with Crippen LogP contribution in [0, 0.1) is 4.77 Å². The predicted octanol–water partition coefficient (Wildman–Crippen LogP) is 4.60. The third-order valence-electron chi connectivity index (χ3n) is 2.89. The largest absolute Gasteiger partial charge is 0.332 e. The van der Waals surface area contributed by atoms with Crippen molar-refractivity contribution < 1.29 is 0 Å². The normalized spacial score (nSPS) is 10.7. The van der Waals surface area contributed by atoms with Crippen molar-refractivity contribution in [3.05, 3.63) is 58.3 Å². The Morgan fingerprint density at radius 1 is 1.10 bits per heavy atom. The minimum Gasteiger partial charge on any atom is -0.332 e. The van der Waals surface area contributed by atoms with E-state index in [9.17, 15) is 0 Å². The van der Waals surface area contributed by atoms with Gasteiger partial charge in [-0.05, 0) is 60.8 Å². The molecule has 3 nitrogen and oxygen atoms in total. The molecule has 1 heterocycles. The quantitative estimate of drug-likeness (QED) is 0.643. The third kappa shape index (κ3) is 2.47. The summed E-state index contributed by atoms with van der Waals surface area (Å²) in [5.41, 5.74) is 2.77. The van der Waals surface area contributed by atoms with E-state index in [-0.39, 0.29) is 0 Å². The molecule has 0 fully saturated rings. The zero-order chi connectivity index (χ0) is 14.1. The Kier molecular flexibility index (Phi) is 3.56. The van der Waals surface area contributed by atoms with Crippen LogP contribution in [-0.2, 0) is 0 Å². The zero-order valence-electron chi connectivity index (χ0n) is 10.3. The van der Waals surface area contributed by atoms with E-state index in [1.807, 2.05) is 36.4 Å². The summed E-state index contributed by atoms with van der Waals surface area (Å²) < 4.78 is 2.37. The number of imidazole rings is 1. The lowest BCUT2D eigenvalue weighted by atomic mass is 10.3. The molecule has 20 heavy (non-hydrogen) atoms. The van der Waals surface area contributed by atoms with E-state index in [0.717, 1.165) is 16.7 Å². The molecule has 100 valence electrons. The summed E-state index contributed by atoms with van der Waals surface area (Å²) in [6, 6.07) is 15.2. The summed E-state index contributed by atoms with van der Waals surface area (Å²) in [7, 11) is 0. The molecule has 0 aliphatic carbocycles. The van der Waals surface area contributed by atoms with Gasteiger partial charge in [-0.2, -0.15) is 0 Å². The highest BCUT2D eigenvalue weighted by Gasteiger charge is 2.08. The molecule has 0 aliphatic heterocycles. The number of nitrogens with zero attached hydrogens (tertiary/aromatic N) is 1. The van der Waals surface area contributed by atoms with Gasteiger partial charge in [0.2, 0.25) is 0 Å². The van der Waals surface area contributed by atoms with E-state index in [1.165, 1.54) is 0 Å². The molecule has 0 saturated heterocycles. The first kappa shape index (κ1) is 13.3. The molecule has 2 aromatic carbocycles. The standard InChI is InChI=1S/C14H10ClN3S2/c15-9-5-7-10(8-6-9)16-13(19)18-12-4-2-1-3-11(12)17-14(18)20/h1-8H,(H,16,19)(H,17,20). The first-order valence-electron chi connectivity index (χ1n) is 5.92. The number of halogens is 1. The molecule has 3 aromatic rings. The number of anilines is 1. The number of benzene rings is 2. The molecule has 0 aliphatic rings.